The molecule has 0 fully saturated rings. The van der Waals surface area contributed by atoms with E-state index < -0.39 is 11.1 Å². The van der Waals surface area contributed by atoms with Gasteiger partial charge in [0, 0.05) is 28.5 Å². The van der Waals surface area contributed by atoms with E-state index in [1.165, 1.54) is 0 Å². The minimum atomic E-state index is -1.15. The SMILES string of the molecule is O=C(O)/C=C\C(=O)S.[Au]. The monoisotopic (exact) mass is 329 g/mol. The molecule has 0 heterocycles. The Balaban J connectivity index is 0. The summed E-state index contributed by atoms with van der Waals surface area (Å²) in [5.74, 6) is -1.15. The molecule has 0 rings (SSSR count). The number of carbonyl (C=O) groups excluding carboxylic acids is 1. The molecule has 0 amide bonds. The Morgan fingerprint density at radius 2 is 1.78 bits per heavy atom. The Morgan fingerprint density at radius 3 is 1.89 bits per heavy atom. The van der Waals surface area contributed by atoms with Gasteiger partial charge < -0.3 is 5.11 Å². The first kappa shape index (κ1) is 11.7. The predicted molar refractivity (Wildman–Crippen MR) is 30.8 cm³/mol. The van der Waals surface area contributed by atoms with Gasteiger partial charge in [0.25, 0.3) is 0 Å². The van der Waals surface area contributed by atoms with Crippen molar-refractivity contribution in [3.8, 4) is 0 Å². The van der Waals surface area contributed by atoms with Crippen LogP contribution in [0.25, 0.3) is 0 Å². The fourth-order valence-corrected chi connectivity index (χ4v) is 0.217. The van der Waals surface area contributed by atoms with Gasteiger partial charge in [-0.1, -0.05) is 0 Å². The molecule has 0 aliphatic carbocycles. The zero-order chi connectivity index (χ0) is 6.57. The second kappa shape index (κ2) is 6.10. The van der Waals surface area contributed by atoms with Crippen LogP contribution in [0.1, 0.15) is 0 Å². The van der Waals surface area contributed by atoms with Crippen LogP contribution in [0, 0.1) is 0 Å². The average Bonchev–Trinajstić information content (AvgIpc) is 1.61. The van der Waals surface area contributed by atoms with E-state index in [0.29, 0.717) is 0 Å². The van der Waals surface area contributed by atoms with E-state index in [-0.39, 0.29) is 22.4 Å². The number of carboxylic acid groups (broad SMARTS) is 1. The topological polar surface area (TPSA) is 54.4 Å². The predicted octanol–water partition coefficient (Wildman–Crippen LogP) is 0.0811. The van der Waals surface area contributed by atoms with Crippen molar-refractivity contribution in [2.24, 2.45) is 0 Å². The van der Waals surface area contributed by atoms with Crippen LogP contribution in [0.2, 0.25) is 0 Å². The van der Waals surface area contributed by atoms with E-state index in [1.807, 2.05) is 0 Å². The molecule has 0 unspecified atom stereocenters. The smallest absolute Gasteiger partial charge is 0.328 e. The van der Waals surface area contributed by atoms with Crippen LogP contribution in [0.4, 0.5) is 0 Å². The number of carboxylic acids is 1. The summed E-state index contributed by atoms with van der Waals surface area (Å²) in [5, 5.41) is 7.33. The molecular formula is C4H4AuO3S. The van der Waals surface area contributed by atoms with Gasteiger partial charge in [-0.2, -0.15) is 0 Å². The van der Waals surface area contributed by atoms with Crippen molar-refractivity contribution < 1.29 is 37.1 Å². The van der Waals surface area contributed by atoms with E-state index in [9.17, 15) is 9.59 Å². The largest absolute Gasteiger partial charge is 0.478 e. The fraction of sp³-hybridized carbons (Fsp3) is 0. The van der Waals surface area contributed by atoms with Crippen molar-refractivity contribution in [2.75, 3.05) is 0 Å². The van der Waals surface area contributed by atoms with Gasteiger partial charge in [0.05, 0.1) is 0 Å². The first-order valence-corrected chi connectivity index (χ1v) is 2.21. The van der Waals surface area contributed by atoms with E-state index in [2.05, 4.69) is 12.6 Å². The number of aliphatic carboxylic acids is 1. The van der Waals surface area contributed by atoms with Gasteiger partial charge in [0.1, 0.15) is 0 Å². The molecule has 0 saturated carbocycles. The summed E-state index contributed by atoms with van der Waals surface area (Å²) in [6.07, 6.45) is 1.60. The molecule has 0 aliphatic heterocycles. The summed E-state index contributed by atoms with van der Waals surface area (Å²) >= 11 is 3.28. The van der Waals surface area contributed by atoms with Crippen LogP contribution in [-0.2, 0) is 32.0 Å². The van der Waals surface area contributed by atoms with Crippen molar-refractivity contribution in [3.05, 3.63) is 12.2 Å². The third-order valence-electron chi connectivity index (χ3n) is 0.368. The molecule has 1 N–H and O–H groups in total. The zero-order valence-corrected chi connectivity index (χ0v) is 7.23. The minimum Gasteiger partial charge on any atom is -0.478 e. The van der Waals surface area contributed by atoms with Gasteiger partial charge in [-0.05, 0) is 6.08 Å². The maximum atomic E-state index is 9.86. The number of thiol groups is 1. The second-order valence-corrected chi connectivity index (χ2v) is 1.45. The Labute approximate surface area is 73.1 Å². The van der Waals surface area contributed by atoms with E-state index in [1.54, 1.807) is 0 Å². The third-order valence-corrected chi connectivity index (χ3v) is 0.518. The molecule has 1 radical (unpaired) electrons. The number of hydrogen-bond acceptors (Lipinski definition) is 2. The molecule has 0 aromatic carbocycles. The molecule has 0 atom stereocenters. The summed E-state index contributed by atoms with van der Waals surface area (Å²) in [5.41, 5.74) is 0. The number of hydrogen-bond donors (Lipinski definition) is 2. The first-order chi connectivity index (χ1) is 3.63. The van der Waals surface area contributed by atoms with Crippen LogP contribution in [-0.4, -0.2) is 16.2 Å². The Morgan fingerprint density at radius 1 is 1.33 bits per heavy atom. The third kappa shape index (κ3) is 11.5. The van der Waals surface area contributed by atoms with Crippen LogP contribution in [0.5, 0.6) is 0 Å². The number of rotatable bonds is 2. The molecule has 55 valence electrons. The van der Waals surface area contributed by atoms with Gasteiger partial charge in [-0.3, -0.25) is 4.79 Å². The van der Waals surface area contributed by atoms with Crippen LogP contribution in [0.15, 0.2) is 12.2 Å². The van der Waals surface area contributed by atoms with Crippen molar-refractivity contribution in [1.82, 2.24) is 0 Å². The van der Waals surface area contributed by atoms with Crippen molar-refractivity contribution in [1.29, 1.82) is 0 Å². The van der Waals surface area contributed by atoms with Crippen molar-refractivity contribution in [3.63, 3.8) is 0 Å². The molecule has 0 aliphatic rings. The Hall–Kier alpha value is -0.0297. The maximum Gasteiger partial charge on any atom is 0.328 e. The molecule has 3 nitrogen and oxygen atoms in total. The van der Waals surface area contributed by atoms with E-state index >= 15 is 0 Å². The maximum absolute atomic E-state index is 9.86. The molecule has 0 saturated heterocycles. The molecule has 0 spiro atoms. The normalized spacial score (nSPS) is 8.56. The van der Waals surface area contributed by atoms with E-state index in [0.717, 1.165) is 12.2 Å². The summed E-state index contributed by atoms with van der Waals surface area (Å²) in [7, 11) is 0. The first-order valence-electron chi connectivity index (χ1n) is 1.77. The summed E-state index contributed by atoms with van der Waals surface area (Å²) in [6.45, 7) is 0. The number of carbonyl (C=O) groups is 2. The molecule has 0 bridgehead atoms. The average molecular weight is 329 g/mol. The van der Waals surface area contributed by atoms with Gasteiger partial charge in [-0.15, -0.1) is 12.6 Å². The summed E-state index contributed by atoms with van der Waals surface area (Å²) in [6, 6.07) is 0. The molecular weight excluding hydrogens is 325 g/mol. The van der Waals surface area contributed by atoms with Crippen molar-refractivity contribution >= 4 is 23.7 Å². The Kier molecular flexibility index (Phi) is 7.94. The molecule has 9 heavy (non-hydrogen) atoms. The van der Waals surface area contributed by atoms with Crippen molar-refractivity contribution in [2.45, 2.75) is 0 Å². The zero-order valence-electron chi connectivity index (χ0n) is 4.17. The summed E-state index contributed by atoms with van der Waals surface area (Å²) in [4.78, 5) is 19.5. The second-order valence-electron chi connectivity index (χ2n) is 1.01. The van der Waals surface area contributed by atoms with E-state index in [4.69, 9.17) is 5.11 Å². The van der Waals surface area contributed by atoms with Gasteiger partial charge >= 0.3 is 5.97 Å². The molecule has 0 aromatic rings. The fourth-order valence-electron chi connectivity index (χ4n) is 0.143. The minimum absolute atomic E-state index is 0. The van der Waals surface area contributed by atoms with Gasteiger partial charge in [0.2, 0.25) is 5.12 Å². The van der Waals surface area contributed by atoms with Crippen LogP contribution >= 0.6 is 12.6 Å². The quantitative estimate of drug-likeness (QED) is 0.429. The standard InChI is InChI=1S/C4H4O3S.Au/c5-3(6)1-2-4(7)8;/h1-2H,(H,5,6)(H,7,8);/b2-1-;. The van der Waals surface area contributed by atoms with Crippen LogP contribution in [0.3, 0.4) is 0 Å². The van der Waals surface area contributed by atoms with Gasteiger partial charge in [-0.25, -0.2) is 4.79 Å². The van der Waals surface area contributed by atoms with Crippen LogP contribution < -0.4 is 0 Å². The molecule has 5 heteroatoms. The van der Waals surface area contributed by atoms with Gasteiger partial charge in [0.15, 0.2) is 0 Å². The molecule has 0 aromatic heterocycles. The summed E-state index contributed by atoms with van der Waals surface area (Å²) < 4.78 is 0. The Bertz CT molecular complexity index is 127.